The molecule has 1 aromatic carbocycles. The number of piperidine rings is 1. The van der Waals surface area contributed by atoms with Crippen molar-refractivity contribution in [3.63, 3.8) is 0 Å². The number of aliphatic hydroxyl groups excluding tert-OH is 1. The molecule has 0 unspecified atom stereocenters. The number of hydrogen-bond acceptors (Lipinski definition) is 9. The van der Waals surface area contributed by atoms with Gasteiger partial charge in [0.2, 0.25) is 17.7 Å². The second-order valence-corrected chi connectivity index (χ2v) is 13.1. The van der Waals surface area contributed by atoms with Gasteiger partial charge in [-0.1, -0.05) is 31.1 Å². The number of likely N-dealkylation sites (N-methyl/N-ethyl adjacent to an activating group) is 1. The minimum Gasteiger partial charge on any atom is -0.484 e. The molecule has 4 rings (SSSR count). The predicted molar refractivity (Wildman–Crippen MR) is 170 cm³/mol. The van der Waals surface area contributed by atoms with Crippen LogP contribution < -0.4 is 20.7 Å². The van der Waals surface area contributed by atoms with Gasteiger partial charge in [-0.2, -0.15) is 0 Å². The first-order chi connectivity index (χ1) is 22.2. The molecular weight excluding hydrogens is 608 g/mol. The number of aromatic nitrogens is 1. The van der Waals surface area contributed by atoms with Crippen LogP contribution in [-0.4, -0.2) is 107 Å². The fraction of sp³-hybridized carbons (Fsp3) is 0.576. The average molecular weight is 655 g/mol. The Bertz CT molecular complexity index is 1460. The molecule has 256 valence electrons. The Morgan fingerprint density at radius 3 is 2.36 bits per heavy atom. The zero-order chi connectivity index (χ0) is 34.5. The number of aryl methyl sites for hydroxylation is 1. The molecule has 2 bridgehead atoms. The number of fused-ring (bicyclic) bond motifs is 2. The van der Waals surface area contributed by atoms with Gasteiger partial charge in [0, 0.05) is 32.7 Å². The van der Waals surface area contributed by atoms with Crippen LogP contribution in [0, 0.1) is 18.3 Å². The number of likely N-dealkylation sites (tertiary alicyclic amines) is 1. The number of carbonyl (C=O) groups excluding carboxylic acids is 5. The molecule has 14 heteroatoms. The number of nitrogens with zero attached hydrogens (tertiary/aromatic N) is 3. The Morgan fingerprint density at radius 2 is 1.74 bits per heavy atom. The van der Waals surface area contributed by atoms with Crippen molar-refractivity contribution in [2.75, 3.05) is 33.3 Å². The SMILES string of the molecule is Cc1cc(C(=O)N2CCC3(CC2)CNC(=O)[C@@H](C(C)C)NC(=O)[C@H](C)N(C)C(=O)[C@H]([C@@H](C)O)NC(=O)COc2cccc(c2)C3)no1. The summed E-state index contributed by atoms with van der Waals surface area (Å²) < 4.78 is 10.9. The third kappa shape index (κ3) is 8.67. The molecular formula is C33H46N6O8. The first kappa shape index (κ1) is 35.4. The van der Waals surface area contributed by atoms with Crippen LogP contribution in [0.15, 0.2) is 34.9 Å². The third-order valence-corrected chi connectivity index (χ3v) is 9.06. The molecule has 1 spiro atoms. The maximum absolute atomic E-state index is 13.6. The Balaban J connectivity index is 1.62. The number of aliphatic hydroxyl groups is 1. The summed E-state index contributed by atoms with van der Waals surface area (Å²) in [7, 11) is 1.40. The van der Waals surface area contributed by atoms with Crippen molar-refractivity contribution in [1.82, 2.24) is 30.9 Å². The van der Waals surface area contributed by atoms with E-state index in [9.17, 15) is 29.1 Å². The first-order valence-corrected chi connectivity index (χ1v) is 16.0. The van der Waals surface area contributed by atoms with Gasteiger partial charge in [-0.3, -0.25) is 24.0 Å². The van der Waals surface area contributed by atoms with Gasteiger partial charge in [0.25, 0.3) is 11.8 Å². The van der Waals surface area contributed by atoms with Crippen LogP contribution in [0.25, 0.3) is 0 Å². The van der Waals surface area contributed by atoms with Crippen molar-refractivity contribution < 1.29 is 38.3 Å². The minimum absolute atomic E-state index is 0.219. The van der Waals surface area contributed by atoms with E-state index in [1.165, 1.54) is 20.9 Å². The average Bonchev–Trinajstić information content (AvgIpc) is 3.48. The van der Waals surface area contributed by atoms with E-state index in [0.717, 1.165) is 10.5 Å². The Morgan fingerprint density at radius 1 is 1.04 bits per heavy atom. The van der Waals surface area contributed by atoms with Gasteiger partial charge in [-0.15, -0.1) is 0 Å². The number of rotatable bonds is 3. The second kappa shape index (κ2) is 15.0. The third-order valence-electron chi connectivity index (χ3n) is 9.06. The zero-order valence-electron chi connectivity index (χ0n) is 27.9. The maximum Gasteiger partial charge on any atom is 0.276 e. The lowest BCUT2D eigenvalue weighted by Gasteiger charge is -2.42. The zero-order valence-corrected chi connectivity index (χ0v) is 27.9. The molecule has 2 aromatic rings. The molecule has 0 aliphatic carbocycles. The van der Waals surface area contributed by atoms with Gasteiger partial charge >= 0.3 is 0 Å². The van der Waals surface area contributed by atoms with E-state index in [1.807, 2.05) is 32.0 Å². The van der Waals surface area contributed by atoms with Gasteiger partial charge in [0.05, 0.1) is 6.10 Å². The van der Waals surface area contributed by atoms with Crippen molar-refractivity contribution in [2.24, 2.45) is 11.3 Å². The van der Waals surface area contributed by atoms with E-state index in [1.54, 1.807) is 24.0 Å². The molecule has 1 saturated heterocycles. The number of nitrogens with one attached hydrogen (secondary N) is 3. The summed E-state index contributed by atoms with van der Waals surface area (Å²) in [4.78, 5) is 69.0. The lowest BCUT2D eigenvalue weighted by Crippen LogP contribution is -2.59. The smallest absolute Gasteiger partial charge is 0.276 e. The molecule has 1 aromatic heterocycles. The number of ether oxygens (including phenoxy) is 1. The molecule has 1 fully saturated rings. The molecule has 47 heavy (non-hydrogen) atoms. The topological polar surface area (TPSA) is 183 Å². The van der Waals surface area contributed by atoms with Crippen LogP contribution in [0.5, 0.6) is 5.75 Å². The van der Waals surface area contributed by atoms with E-state index in [4.69, 9.17) is 9.26 Å². The molecule has 5 amide bonds. The second-order valence-electron chi connectivity index (χ2n) is 13.1. The summed E-state index contributed by atoms with van der Waals surface area (Å²) in [5.74, 6) is -1.74. The summed E-state index contributed by atoms with van der Waals surface area (Å²) in [5, 5.41) is 22.6. The van der Waals surface area contributed by atoms with Gasteiger partial charge in [-0.25, -0.2) is 0 Å². The highest BCUT2D eigenvalue weighted by Gasteiger charge is 2.39. The fourth-order valence-electron chi connectivity index (χ4n) is 5.94. The van der Waals surface area contributed by atoms with E-state index >= 15 is 0 Å². The molecule has 0 saturated carbocycles. The first-order valence-electron chi connectivity index (χ1n) is 16.0. The molecule has 3 heterocycles. The van der Waals surface area contributed by atoms with Gasteiger partial charge < -0.3 is 40.1 Å². The number of carbonyl (C=O) groups is 5. The summed E-state index contributed by atoms with van der Waals surface area (Å²) in [5.41, 5.74) is 0.710. The van der Waals surface area contributed by atoms with Crippen LogP contribution in [0.3, 0.4) is 0 Å². The summed E-state index contributed by atoms with van der Waals surface area (Å²) >= 11 is 0. The molecule has 0 radical (unpaired) electrons. The van der Waals surface area contributed by atoms with Crippen molar-refractivity contribution in [1.29, 1.82) is 0 Å². The molecule has 2 aliphatic rings. The Hall–Kier alpha value is -4.46. The van der Waals surface area contributed by atoms with Crippen LogP contribution >= 0.6 is 0 Å². The van der Waals surface area contributed by atoms with E-state index in [2.05, 4.69) is 21.1 Å². The molecule has 2 aliphatic heterocycles. The number of amides is 5. The van der Waals surface area contributed by atoms with Gasteiger partial charge in [0.1, 0.15) is 29.6 Å². The van der Waals surface area contributed by atoms with Gasteiger partial charge in [0.15, 0.2) is 12.3 Å². The Kier molecular flexibility index (Phi) is 11.3. The van der Waals surface area contributed by atoms with Crippen molar-refractivity contribution in [2.45, 2.75) is 78.1 Å². The normalized spacial score (nSPS) is 24.0. The van der Waals surface area contributed by atoms with Crippen LogP contribution in [-0.2, 0) is 25.6 Å². The lowest BCUT2D eigenvalue weighted by atomic mass is 9.73. The van der Waals surface area contributed by atoms with Crippen LogP contribution in [0.4, 0.5) is 0 Å². The summed E-state index contributed by atoms with van der Waals surface area (Å²) in [6, 6.07) is 5.66. The highest BCUT2D eigenvalue weighted by molar-refractivity contribution is 5.94. The number of benzene rings is 1. The summed E-state index contributed by atoms with van der Waals surface area (Å²) in [6.07, 6.45) is 0.439. The van der Waals surface area contributed by atoms with Crippen LogP contribution in [0.1, 0.15) is 62.3 Å². The van der Waals surface area contributed by atoms with Crippen molar-refractivity contribution in [3.05, 3.63) is 47.3 Å². The fourth-order valence-corrected chi connectivity index (χ4v) is 5.94. The highest BCUT2D eigenvalue weighted by Crippen LogP contribution is 2.36. The molecule has 4 atom stereocenters. The maximum atomic E-state index is 13.6. The standard InChI is InChI=1S/C33H46N6O8/c1-19(2)27-30(43)34-18-33(10-12-39(13-11-33)31(44)25-14-20(3)47-37-25)16-23-8-7-9-24(15-23)46-17-26(41)35-28(22(5)40)32(45)38(6)21(4)29(42)36-27/h7-9,14-15,19,21-22,27-28,40H,10-13,16-18H2,1-6H3,(H,34,43)(H,35,41)(H,36,42)/t21-,22+,27+,28-/m0/s1. The predicted octanol–water partition coefficient (Wildman–Crippen LogP) is 0.810. The lowest BCUT2D eigenvalue weighted by molar-refractivity contribution is -0.144. The highest BCUT2D eigenvalue weighted by atomic mass is 16.5. The Labute approximate surface area is 274 Å². The van der Waals surface area contributed by atoms with E-state index in [-0.39, 0.29) is 30.0 Å². The molecule has 4 N–H and O–H groups in total. The van der Waals surface area contributed by atoms with E-state index in [0.29, 0.717) is 43.9 Å². The monoisotopic (exact) mass is 654 g/mol. The largest absolute Gasteiger partial charge is 0.484 e. The van der Waals surface area contributed by atoms with Gasteiger partial charge in [-0.05, 0) is 69.1 Å². The minimum atomic E-state index is -1.32. The number of hydrogen-bond donors (Lipinski definition) is 4. The summed E-state index contributed by atoms with van der Waals surface area (Å²) in [6.45, 7) is 8.97. The van der Waals surface area contributed by atoms with Crippen molar-refractivity contribution >= 4 is 29.5 Å². The quantitative estimate of drug-likeness (QED) is 0.372. The molecule has 14 nitrogen and oxygen atoms in total. The van der Waals surface area contributed by atoms with Crippen LogP contribution in [0.2, 0.25) is 0 Å². The van der Waals surface area contributed by atoms with Crippen molar-refractivity contribution in [3.8, 4) is 5.75 Å². The van der Waals surface area contributed by atoms with E-state index < -0.39 is 54.0 Å².